The Kier molecular flexibility index (Phi) is 6.90. The van der Waals surface area contributed by atoms with Crippen LogP contribution in [0.1, 0.15) is 17.5 Å². The number of aromatic amines is 1. The van der Waals surface area contributed by atoms with Gasteiger partial charge in [-0.2, -0.15) is 5.10 Å². The van der Waals surface area contributed by atoms with Gasteiger partial charge in [-0.25, -0.2) is 0 Å². The van der Waals surface area contributed by atoms with Gasteiger partial charge in [0.15, 0.2) is 14.9 Å². The number of nitrogens with one attached hydrogen (secondary N) is 2. The third-order valence-electron chi connectivity index (χ3n) is 4.45. The van der Waals surface area contributed by atoms with E-state index in [0.29, 0.717) is 16.4 Å². The second kappa shape index (κ2) is 9.99. The van der Waals surface area contributed by atoms with Crippen molar-refractivity contribution in [2.45, 2.75) is 30.0 Å². The Morgan fingerprint density at radius 3 is 2.84 bits per heavy atom. The normalized spacial score (nSPS) is 10.9. The summed E-state index contributed by atoms with van der Waals surface area (Å²) < 4.78 is 3.14. The second-order valence-electron chi connectivity index (χ2n) is 6.82. The summed E-state index contributed by atoms with van der Waals surface area (Å²) >= 11 is 8.32. The highest BCUT2D eigenvalue weighted by Crippen LogP contribution is 2.28. The van der Waals surface area contributed by atoms with Crippen LogP contribution in [-0.4, -0.2) is 30.9 Å². The molecule has 0 bridgehead atoms. The fourth-order valence-corrected chi connectivity index (χ4v) is 4.91. The average Bonchev–Trinajstić information content (AvgIpc) is 3.37. The first-order valence-electron chi connectivity index (χ1n) is 9.61. The van der Waals surface area contributed by atoms with Crippen molar-refractivity contribution in [2.75, 3.05) is 5.32 Å². The first-order valence-corrected chi connectivity index (χ1v) is 11.8. The van der Waals surface area contributed by atoms with E-state index in [-0.39, 0.29) is 12.3 Å². The van der Waals surface area contributed by atoms with E-state index in [2.05, 4.69) is 37.8 Å². The summed E-state index contributed by atoms with van der Waals surface area (Å²) in [6.45, 7) is 2.44. The predicted octanol–water partition coefficient (Wildman–Crippen LogP) is 5.09. The van der Waals surface area contributed by atoms with Crippen LogP contribution in [0.25, 0.3) is 11.4 Å². The Morgan fingerprint density at radius 2 is 2.03 bits per heavy atom. The van der Waals surface area contributed by atoms with Crippen molar-refractivity contribution >= 4 is 46.4 Å². The fraction of sp³-hybridized carbons (Fsp3) is 0.190. The van der Waals surface area contributed by atoms with E-state index in [4.69, 9.17) is 12.2 Å². The molecule has 7 nitrogen and oxygen atoms in total. The molecule has 0 aliphatic carbocycles. The van der Waals surface area contributed by atoms with Crippen molar-refractivity contribution in [3.05, 3.63) is 70.5 Å². The Balaban J connectivity index is 1.34. The maximum atomic E-state index is 12.5. The molecule has 10 heteroatoms. The van der Waals surface area contributed by atoms with Crippen molar-refractivity contribution < 1.29 is 4.79 Å². The molecule has 0 unspecified atom stereocenters. The molecule has 2 aromatic carbocycles. The topological polar surface area (TPSA) is 88.5 Å². The Bertz CT molecular complexity index is 1230. The first-order chi connectivity index (χ1) is 15.1. The van der Waals surface area contributed by atoms with Crippen LogP contribution >= 0.6 is 35.3 Å². The Morgan fingerprint density at radius 1 is 1.19 bits per heavy atom. The largest absolute Gasteiger partial charge is 0.300 e. The molecule has 1 amide bonds. The summed E-state index contributed by atoms with van der Waals surface area (Å²) in [4.78, 5) is 12.5. The van der Waals surface area contributed by atoms with Crippen LogP contribution in [0.4, 0.5) is 5.13 Å². The molecule has 0 atom stereocenters. The van der Waals surface area contributed by atoms with Crippen LogP contribution < -0.4 is 5.32 Å². The van der Waals surface area contributed by atoms with Crippen molar-refractivity contribution in [2.24, 2.45) is 0 Å². The fourth-order valence-electron chi connectivity index (χ4n) is 2.96. The van der Waals surface area contributed by atoms with Gasteiger partial charge < -0.3 is 5.32 Å². The van der Waals surface area contributed by atoms with Crippen molar-refractivity contribution in [3.63, 3.8) is 0 Å². The number of aromatic nitrogens is 5. The van der Waals surface area contributed by atoms with Crippen LogP contribution in [0, 0.1) is 11.7 Å². The third kappa shape index (κ3) is 5.66. The lowest BCUT2D eigenvalue weighted by atomic mass is 10.1. The second-order valence-corrected chi connectivity index (χ2v) is 9.41. The van der Waals surface area contributed by atoms with Gasteiger partial charge >= 0.3 is 0 Å². The van der Waals surface area contributed by atoms with E-state index in [1.54, 1.807) is 11.8 Å². The van der Waals surface area contributed by atoms with Crippen molar-refractivity contribution in [3.8, 4) is 11.4 Å². The number of amides is 1. The highest BCUT2D eigenvalue weighted by Gasteiger charge is 2.13. The average molecular weight is 469 g/mol. The Hall–Kier alpha value is -2.82. The summed E-state index contributed by atoms with van der Waals surface area (Å²) in [7, 11) is 0. The molecule has 0 fully saturated rings. The van der Waals surface area contributed by atoms with Gasteiger partial charge in [0.2, 0.25) is 11.0 Å². The highest BCUT2D eigenvalue weighted by atomic mass is 32.2. The minimum absolute atomic E-state index is 0.144. The number of nitrogens with zero attached hydrogens (tertiary/aromatic N) is 4. The first kappa shape index (κ1) is 21.4. The molecular weight excluding hydrogens is 448 g/mol. The lowest BCUT2D eigenvalue weighted by Crippen LogP contribution is -2.15. The molecule has 2 N–H and O–H groups in total. The summed E-state index contributed by atoms with van der Waals surface area (Å²) in [6.07, 6.45) is 0.249. The molecule has 2 heterocycles. The van der Waals surface area contributed by atoms with E-state index in [9.17, 15) is 4.79 Å². The Labute approximate surface area is 192 Å². The predicted molar refractivity (Wildman–Crippen MR) is 127 cm³/mol. The minimum Gasteiger partial charge on any atom is -0.300 e. The molecule has 0 saturated carbocycles. The molecule has 0 spiro atoms. The molecule has 0 aliphatic heterocycles. The van der Waals surface area contributed by atoms with E-state index in [0.717, 1.165) is 27.0 Å². The van der Waals surface area contributed by atoms with Crippen molar-refractivity contribution in [1.82, 2.24) is 25.0 Å². The third-order valence-corrected chi connectivity index (χ3v) is 6.81. The zero-order chi connectivity index (χ0) is 21.6. The van der Waals surface area contributed by atoms with Gasteiger partial charge in [0.05, 0.1) is 0 Å². The number of aryl methyl sites for hydroxylation is 1. The van der Waals surface area contributed by atoms with E-state index in [1.807, 2.05) is 54.0 Å². The quantitative estimate of drug-likeness (QED) is 0.213. The van der Waals surface area contributed by atoms with Crippen LogP contribution in [0.2, 0.25) is 0 Å². The number of H-pyrrole nitrogens is 1. The standard InChI is InChI=1S/C21H20N6OS3/c1-14-6-5-9-16(12-14)18-23-25-20(29)27(18)11-10-17(28)22-19-24-26-21(31-19)30-13-15-7-3-2-4-8-15/h2-9,12H,10-11,13H2,1H3,(H,25,29)(H,22,24,28). The number of thioether (sulfide) groups is 1. The summed E-state index contributed by atoms with van der Waals surface area (Å²) in [5, 5.41) is 18.7. The number of anilines is 1. The maximum absolute atomic E-state index is 12.5. The lowest BCUT2D eigenvalue weighted by molar-refractivity contribution is -0.116. The van der Waals surface area contributed by atoms with Crippen LogP contribution in [0.15, 0.2) is 58.9 Å². The van der Waals surface area contributed by atoms with Gasteiger partial charge in [-0.15, -0.1) is 10.2 Å². The molecule has 158 valence electrons. The van der Waals surface area contributed by atoms with E-state index < -0.39 is 0 Å². The van der Waals surface area contributed by atoms with Crippen molar-refractivity contribution in [1.29, 1.82) is 0 Å². The molecule has 2 aromatic heterocycles. The number of carbonyl (C=O) groups is 1. The molecule has 4 rings (SSSR count). The summed E-state index contributed by atoms with van der Waals surface area (Å²) in [6, 6.07) is 18.2. The zero-order valence-electron chi connectivity index (χ0n) is 16.7. The van der Waals surface area contributed by atoms with Crippen LogP contribution in [-0.2, 0) is 17.1 Å². The number of hydrogen-bond acceptors (Lipinski definition) is 7. The smallest absolute Gasteiger partial charge is 0.227 e. The summed E-state index contributed by atoms with van der Waals surface area (Å²) in [5.41, 5.74) is 3.31. The molecule has 0 aliphatic rings. The summed E-state index contributed by atoms with van der Waals surface area (Å²) in [5.74, 6) is 1.38. The van der Waals surface area contributed by atoms with Crippen LogP contribution in [0.3, 0.4) is 0 Å². The number of hydrogen-bond donors (Lipinski definition) is 2. The molecule has 4 aromatic rings. The van der Waals surface area contributed by atoms with Gasteiger partial charge in [0.25, 0.3) is 0 Å². The number of rotatable bonds is 8. The van der Waals surface area contributed by atoms with Gasteiger partial charge in [-0.3, -0.25) is 14.5 Å². The highest BCUT2D eigenvalue weighted by molar-refractivity contribution is 8.00. The van der Waals surface area contributed by atoms with E-state index in [1.165, 1.54) is 16.9 Å². The number of carbonyl (C=O) groups excluding carboxylic acids is 1. The zero-order valence-corrected chi connectivity index (χ0v) is 19.2. The maximum Gasteiger partial charge on any atom is 0.227 e. The minimum atomic E-state index is -0.144. The van der Waals surface area contributed by atoms with Gasteiger partial charge in [0, 0.05) is 24.3 Å². The van der Waals surface area contributed by atoms with Gasteiger partial charge in [0.1, 0.15) is 0 Å². The van der Waals surface area contributed by atoms with Crippen LogP contribution in [0.5, 0.6) is 0 Å². The monoisotopic (exact) mass is 468 g/mol. The number of benzene rings is 2. The molecule has 0 saturated heterocycles. The SMILES string of the molecule is Cc1cccc(-c2n[nH]c(=S)n2CCC(=O)Nc2nnc(SCc3ccccc3)s2)c1. The van der Waals surface area contributed by atoms with E-state index >= 15 is 0 Å². The molecular formula is C21H20N6OS3. The lowest BCUT2D eigenvalue weighted by Gasteiger charge is -2.07. The van der Waals surface area contributed by atoms with Gasteiger partial charge in [-0.1, -0.05) is 77.2 Å². The van der Waals surface area contributed by atoms with Gasteiger partial charge in [-0.05, 0) is 30.8 Å². The molecule has 0 radical (unpaired) electrons. The molecule has 31 heavy (non-hydrogen) atoms.